The largest absolute Gasteiger partial charge is 0.505 e. The van der Waals surface area contributed by atoms with Gasteiger partial charge in [0.05, 0.1) is 41.4 Å². The number of hydrogen-bond acceptors (Lipinski definition) is 9. The minimum Gasteiger partial charge on any atom is -0.505 e. The highest BCUT2D eigenvalue weighted by molar-refractivity contribution is 14.1. The van der Waals surface area contributed by atoms with Crippen LogP contribution in [0.4, 0.5) is 4.39 Å². The van der Waals surface area contributed by atoms with Crippen molar-refractivity contribution in [2.75, 3.05) is 14.2 Å². The predicted octanol–water partition coefficient (Wildman–Crippen LogP) is 2.60. The molecule has 246 valence electrons. The summed E-state index contributed by atoms with van der Waals surface area (Å²) in [5.41, 5.74) is 0.638. The van der Waals surface area contributed by atoms with Crippen LogP contribution >= 0.6 is 22.6 Å². The molecule has 15 heteroatoms. The molecule has 48 heavy (non-hydrogen) atoms. The number of ether oxygens (including phenoxy) is 2. The third-order valence-corrected chi connectivity index (χ3v) is 10.0. The maximum atomic E-state index is 14.6. The fraction of sp³-hybridized carbons (Fsp3) is 0.273. The molecule has 7 rings (SSSR count). The molecule has 0 amide bonds. The lowest BCUT2D eigenvalue weighted by molar-refractivity contribution is -0.115. The van der Waals surface area contributed by atoms with E-state index in [2.05, 4.69) is 4.98 Å². The van der Waals surface area contributed by atoms with Crippen molar-refractivity contribution in [1.82, 2.24) is 23.5 Å². The van der Waals surface area contributed by atoms with Crippen LogP contribution in [0.1, 0.15) is 29.6 Å². The molecule has 0 spiro atoms. The smallest absolute Gasteiger partial charge is 0.347 e. The average Bonchev–Trinajstić information content (AvgIpc) is 3.32. The summed E-state index contributed by atoms with van der Waals surface area (Å²) in [6.07, 6.45) is 2.88. The Labute approximate surface area is 283 Å². The highest BCUT2D eigenvalue weighted by Gasteiger charge is 2.45. The van der Waals surface area contributed by atoms with Crippen molar-refractivity contribution in [2.24, 2.45) is 7.05 Å². The van der Waals surface area contributed by atoms with Gasteiger partial charge in [-0.3, -0.25) is 14.4 Å². The number of aryl methyl sites for hydroxylation is 2. The summed E-state index contributed by atoms with van der Waals surface area (Å²) < 4.78 is 30.5. The molecule has 1 N–H and O–H groups in total. The molecule has 0 saturated heterocycles. The van der Waals surface area contributed by atoms with Crippen LogP contribution in [0.25, 0.3) is 11.0 Å². The van der Waals surface area contributed by atoms with Gasteiger partial charge in [-0.05, 0) is 45.9 Å². The van der Waals surface area contributed by atoms with Gasteiger partial charge < -0.3 is 19.1 Å². The van der Waals surface area contributed by atoms with Gasteiger partial charge in [-0.15, -0.1) is 0 Å². The summed E-state index contributed by atoms with van der Waals surface area (Å²) in [4.78, 5) is 72.2. The van der Waals surface area contributed by atoms with Gasteiger partial charge in [0.2, 0.25) is 0 Å². The number of halogens is 2. The number of rotatable bonds is 6. The highest BCUT2D eigenvalue weighted by Crippen LogP contribution is 2.50. The Bertz CT molecular complexity index is 2400. The van der Waals surface area contributed by atoms with Crippen LogP contribution < -0.4 is 26.4 Å². The predicted molar refractivity (Wildman–Crippen MR) is 178 cm³/mol. The Morgan fingerprint density at radius 2 is 1.77 bits per heavy atom. The van der Waals surface area contributed by atoms with Gasteiger partial charge in [0.15, 0.2) is 34.6 Å². The standard InChI is InChI=1S/C33H27FIN5O8/c1-37-23-14-27(48-3)26(47-2)13-21(23)36-20(31(37)44)7-8-38-32(45)39-9-6-16-22(40(39)33(38)46)11-17-25(42)12-19(35)30(43)29(17)28(16)15-4-5-24(41)18(34)10-15/h4-6,10,12-14,22,28,41H,7-9,11H2,1-3H3. The Hall–Kier alpha value is -5.06. The van der Waals surface area contributed by atoms with Crippen molar-refractivity contribution >= 4 is 45.2 Å². The minimum absolute atomic E-state index is 0.0285. The fourth-order valence-corrected chi connectivity index (χ4v) is 7.45. The summed E-state index contributed by atoms with van der Waals surface area (Å²) in [5.74, 6) is -2.32. The van der Waals surface area contributed by atoms with Crippen molar-refractivity contribution in [2.45, 2.75) is 37.9 Å². The number of phenolic OH excluding ortho intramolecular Hbond substituents is 1. The molecule has 2 unspecified atom stereocenters. The van der Waals surface area contributed by atoms with Gasteiger partial charge in [0.25, 0.3) is 5.56 Å². The number of benzene rings is 2. The number of carbonyl (C=O) groups is 2. The van der Waals surface area contributed by atoms with E-state index in [-0.39, 0.29) is 52.1 Å². The molecule has 3 aliphatic rings. The van der Waals surface area contributed by atoms with Crippen molar-refractivity contribution in [3.05, 3.63) is 111 Å². The van der Waals surface area contributed by atoms with Gasteiger partial charge in [-0.25, -0.2) is 32.9 Å². The second-order valence-electron chi connectivity index (χ2n) is 11.7. The monoisotopic (exact) mass is 767 g/mol. The zero-order valence-electron chi connectivity index (χ0n) is 25.8. The summed E-state index contributed by atoms with van der Waals surface area (Å²) in [7, 11) is 4.55. The number of methoxy groups -OCH3 is 2. The lowest BCUT2D eigenvalue weighted by Crippen LogP contribution is -2.40. The molecular formula is C33H27FIN5O8. The number of aromatic nitrogens is 5. The lowest BCUT2D eigenvalue weighted by atomic mass is 9.69. The Kier molecular flexibility index (Phi) is 7.60. The van der Waals surface area contributed by atoms with Crippen LogP contribution in [-0.4, -0.2) is 54.4 Å². The van der Waals surface area contributed by atoms with E-state index in [1.54, 1.807) is 47.8 Å². The second-order valence-corrected chi connectivity index (χ2v) is 12.8. The maximum Gasteiger partial charge on any atom is 0.347 e. The number of fused-ring (bicyclic) bond motifs is 4. The molecule has 0 fully saturated rings. The van der Waals surface area contributed by atoms with E-state index in [1.165, 1.54) is 46.4 Å². The van der Waals surface area contributed by atoms with Crippen molar-refractivity contribution in [1.29, 1.82) is 0 Å². The molecular weight excluding hydrogens is 740 g/mol. The lowest BCUT2D eigenvalue weighted by Gasteiger charge is -2.39. The number of carbonyl (C=O) groups excluding carboxylic acids is 2. The van der Waals surface area contributed by atoms with E-state index < -0.39 is 46.2 Å². The maximum absolute atomic E-state index is 14.6. The van der Waals surface area contributed by atoms with Crippen LogP contribution in [-0.2, 0) is 36.1 Å². The SMILES string of the molecule is COc1cc2nc(CCn3c(=O)n4n(c3=O)C3CC5=C(C(=O)C(I)=CC5=O)C(c5ccc(O)c(F)c5)C3=CC4)c(=O)n(C)c2cc1OC. The number of ketones is 2. The second kappa shape index (κ2) is 11.6. The molecule has 0 bridgehead atoms. The first-order valence-electron chi connectivity index (χ1n) is 14.9. The number of nitrogens with zero attached hydrogens (tertiary/aromatic N) is 5. The average molecular weight is 768 g/mol. The number of Topliss-reactive ketones (excluding diaryl/α,β-unsaturated/α-hetero) is 1. The number of phenols is 1. The van der Waals surface area contributed by atoms with Crippen LogP contribution in [0.2, 0.25) is 0 Å². The summed E-state index contributed by atoms with van der Waals surface area (Å²) in [6.45, 7) is -0.189. The molecule has 1 aliphatic heterocycles. The molecule has 4 aromatic rings. The Morgan fingerprint density at radius 1 is 1.04 bits per heavy atom. The van der Waals surface area contributed by atoms with E-state index in [0.29, 0.717) is 33.7 Å². The van der Waals surface area contributed by atoms with E-state index in [0.717, 1.165) is 10.6 Å². The molecule has 3 heterocycles. The van der Waals surface area contributed by atoms with E-state index in [4.69, 9.17) is 9.47 Å². The Morgan fingerprint density at radius 3 is 2.48 bits per heavy atom. The van der Waals surface area contributed by atoms with Crippen molar-refractivity contribution in [3.8, 4) is 17.2 Å². The summed E-state index contributed by atoms with van der Waals surface area (Å²) >= 11 is 1.80. The molecule has 0 saturated carbocycles. The normalized spacial score (nSPS) is 18.7. The number of allylic oxidation sites excluding steroid dienone is 6. The van der Waals surface area contributed by atoms with Crippen molar-refractivity contribution in [3.63, 3.8) is 0 Å². The molecule has 2 aromatic carbocycles. The van der Waals surface area contributed by atoms with Crippen LogP contribution in [0.5, 0.6) is 17.2 Å². The molecule has 2 aromatic heterocycles. The molecule has 13 nitrogen and oxygen atoms in total. The number of hydrogen-bond donors (Lipinski definition) is 1. The third kappa shape index (κ3) is 4.70. The van der Waals surface area contributed by atoms with Gasteiger partial charge >= 0.3 is 11.4 Å². The quantitative estimate of drug-likeness (QED) is 0.177. The summed E-state index contributed by atoms with van der Waals surface area (Å²) in [5, 5.41) is 9.85. The van der Waals surface area contributed by atoms with Crippen LogP contribution in [0, 0.1) is 5.82 Å². The number of aromatic hydroxyl groups is 1. The molecule has 2 aliphatic carbocycles. The van der Waals surface area contributed by atoms with Crippen LogP contribution in [0.15, 0.2) is 77.2 Å². The first kappa shape index (κ1) is 31.5. The minimum atomic E-state index is -0.903. The third-order valence-electron chi connectivity index (χ3n) is 9.21. The van der Waals surface area contributed by atoms with E-state index in [1.807, 2.05) is 0 Å². The zero-order chi connectivity index (χ0) is 34.2. The van der Waals surface area contributed by atoms with Gasteiger partial charge in [0, 0.05) is 61.7 Å². The zero-order valence-corrected chi connectivity index (χ0v) is 28.0. The molecule has 2 atom stereocenters. The first-order valence-corrected chi connectivity index (χ1v) is 15.9. The van der Waals surface area contributed by atoms with Gasteiger partial charge in [0.1, 0.15) is 5.69 Å². The fourth-order valence-electron chi connectivity index (χ4n) is 6.88. The van der Waals surface area contributed by atoms with Crippen molar-refractivity contribution < 1.29 is 28.6 Å². The van der Waals surface area contributed by atoms with Gasteiger partial charge in [-0.2, -0.15) is 0 Å². The molecule has 0 radical (unpaired) electrons. The van der Waals surface area contributed by atoms with E-state index in [9.17, 15) is 33.5 Å². The highest BCUT2D eigenvalue weighted by atomic mass is 127. The van der Waals surface area contributed by atoms with E-state index >= 15 is 0 Å². The topological polar surface area (TPSA) is 157 Å². The van der Waals surface area contributed by atoms with Crippen LogP contribution in [0.3, 0.4) is 0 Å². The Balaban J connectivity index is 1.29. The summed E-state index contributed by atoms with van der Waals surface area (Å²) in [6, 6.07) is 6.19. The van der Waals surface area contributed by atoms with Gasteiger partial charge in [-0.1, -0.05) is 12.1 Å². The first-order chi connectivity index (χ1) is 22.9.